The minimum Gasteiger partial charge on any atom is -0.232 e. The van der Waals surface area contributed by atoms with E-state index in [1.165, 1.54) is 70.9 Å². The Bertz CT molecular complexity index is 3190. The van der Waals surface area contributed by atoms with Crippen LogP contribution in [0.1, 0.15) is 0 Å². The van der Waals surface area contributed by atoms with Gasteiger partial charge >= 0.3 is 0 Å². The Kier molecular flexibility index (Phi) is 7.21. The largest absolute Gasteiger partial charge is 0.232 e. The second-order valence-corrected chi connectivity index (χ2v) is 14.3. The van der Waals surface area contributed by atoms with Crippen LogP contribution in [0.4, 0.5) is 0 Å². The maximum Gasteiger partial charge on any atom is 0.101 e. The number of benzene rings is 10. The zero-order valence-corrected chi connectivity index (χ0v) is 30.0. The van der Waals surface area contributed by atoms with Gasteiger partial charge in [0.25, 0.3) is 0 Å². The summed E-state index contributed by atoms with van der Waals surface area (Å²) in [4.78, 5) is 0. The molecule has 0 saturated heterocycles. The normalized spacial score (nSPS) is 11.6. The Balaban J connectivity index is 1.26. The zero-order valence-electron chi connectivity index (χ0n) is 30.0. The molecule has 256 valence electrons. The van der Waals surface area contributed by atoms with Gasteiger partial charge in [-0.05, 0) is 95.3 Å². The third kappa shape index (κ3) is 5.00. The summed E-state index contributed by atoms with van der Waals surface area (Å²) >= 11 is 0. The van der Waals surface area contributed by atoms with E-state index < -0.39 is 0 Å². The molecule has 11 rings (SSSR count). The molecule has 0 fully saturated rings. The van der Waals surface area contributed by atoms with Crippen LogP contribution in [-0.2, 0) is 0 Å². The number of aromatic nitrogens is 2. The first-order valence-electron chi connectivity index (χ1n) is 18.9. The fourth-order valence-electron chi connectivity index (χ4n) is 8.77. The van der Waals surface area contributed by atoms with E-state index in [2.05, 4.69) is 211 Å². The SMILES string of the molecule is c1ccc(-c2nn(-c3ccccc3)c3c2c(-c2ccccc2-c2c4ccccc4c(-c4ccc5ccccc5c4)c4ccccc24)cc2ccccc23)cc1. The van der Waals surface area contributed by atoms with Crippen molar-refractivity contribution in [3.05, 3.63) is 206 Å². The summed E-state index contributed by atoms with van der Waals surface area (Å²) in [6.07, 6.45) is 0. The lowest BCUT2D eigenvalue weighted by Gasteiger charge is -2.20. The van der Waals surface area contributed by atoms with Gasteiger partial charge in [0.15, 0.2) is 0 Å². The predicted octanol–water partition coefficient (Wildman–Crippen LogP) is 14.3. The van der Waals surface area contributed by atoms with Crippen LogP contribution >= 0.6 is 0 Å². The summed E-state index contributed by atoms with van der Waals surface area (Å²) < 4.78 is 2.15. The summed E-state index contributed by atoms with van der Waals surface area (Å²) in [7, 11) is 0. The van der Waals surface area contributed by atoms with Crippen molar-refractivity contribution in [2.75, 3.05) is 0 Å². The Hall–Kier alpha value is -7.29. The molecule has 0 radical (unpaired) electrons. The van der Waals surface area contributed by atoms with Gasteiger partial charge < -0.3 is 0 Å². The molecule has 1 aromatic heterocycles. The first kappa shape index (κ1) is 31.3. The van der Waals surface area contributed by atoms with Crippen LogP contribution in [0.5, 0.6) is 0 Å². The van der Waals surface area contributed by atoms with E-state index in [9.17, 15) is 0 Å². The number of para-hydroxylation sites is 1. The molecule has 0 bridgehead atoms. The Morgan fingerprint density at radius 1 is 0.327 bits per heavy atom. The number of hydrogen-bond acceptors (Lipinski definition) is 1. The van der Waals surface area contributed by atoms with Gasteiger partial charge in [-0.15, -0.1) is 0 Å². The average molecular weight is 699 g/mol. The van der Waals surface area contributed by atoms with E-state index in [1.807, 2.05) is 0 Å². The molecular formula is C53H34N2. The van der Waals surface area contributed by atoms with Gasteiger partial charge in [-0.1, -0.05) is 182 Å². The second-order valence-electron chi connectivity index (χ2n) is 14.3. The second kappa shape index (κ2) is 12.7. The molecule has 0 aliphatic rings. The minimum absolute atomic E-state index is 0.969. The van der Waals surface area contributed by atoms with E-state index in [1.54, 1.807) is 0 Å². The number of nitrogens with zero attached hydrogens (tertiary/aromatic N) is 2. The van der Waals surface area contributed by atoms with Gasteiger partial charge in [0.2, 0.25) is 0 Å². The van der Waals surface area contributed by atoms with Gasteiger partial charge in [-0.2, -0.15) is 5.10 Å². The van der Waals surface area contributed by atoms with Crippen molar-refractivity contribution in [3.63, 3.8) is 0 Å². The Morgan fingerprint density at radius 2 is 0.855 bits per heavy atom. The van der Waals surface area contributed by atoms with E-state index in [4.69, 9.17) is 5.10 Å². The molecule has 0 spiro atoms. The number of fused-ring (bicyclic) bond motifs is 6. The Labute approximate surface area is 319 Å². The zero-order chi connectivity index (χ0) is 36.3. The van der Waals surface area contributed by atoms with Gasteiger partial charge in [-0.25, -0.2) is 4.68 Å². The van der Waals surface area contributed by atoms with E-state index in [0.717, 1.165) is 33.4 Å². The monoisotopic (exact) mass is 698 g/mol. The lowest BCUT2D eigenvalue weighted by atomic mass is 9.82. The quantitative estimate of drug-likeness (QED) is 0.164. The van der Waals surface area contributed by atoms with Crippen LogP contribution in [0.25, 0.3) is 104 Å². The summed E-state index contributed by atoms with van der Waals surface area (Å²) in [6.45, 7) is 0. The third-order valence-corrected chi connectivity index (χ3v) is 11.2. The first-order valence-corrected chi connectivity index (χ1v) is 18.9. The standard InChI is InChI=1S/C53H34N2/c1-3-18-36(19-4-1)52-51-48(34-38-21-9-10-24-41(38)53(51)55(54-52)40-22-5-2-6-23-40)42-25-11-12-26-43(42)50-46-29-15-13-27-44(46)49(45-28-14-16-30-47(45)50)39-32-31-35-17-7-8-20-37(35)33-39/h1-34H. The summed E-state index contributed by atoms with van der Waals surface area (Å²) in [5.41, 5.74) is 11.5. The molecule has 11 aromatic rings. The van der Waals surface area contributed by atoms with E-state index in [-0.39, 0.29) is 0 Å². The molecule has 2 heteroatoms. The van der Waals surface area contributed by atoms with Gasteiger partial charge in [-0.3, -0.25) is 0 Å². The van der Waals surface area contributed by atoms with Crippen molar-refractivity contribution in [3.8, 4) is 50.3 Å². The molecule has 0 aliphatic heterocycles. The van der Waals surface area contributed by atoms with Crippen LogP contribution in [0.2, 0.25) is 0 Å². The van der Waals surface area contributed by atoms with Gasteiger partial charge in [0.05, 0.1) is 11.2 Å². The Morgan fingerprint density at radius 3 is 1.55 bits per heavy atom. The van der Waals surface area contributed by atoms with E-state index >= 15 is 0 Å². The fourth-order valence-corrected chi connectivity index (χ4v) is 8.77. The summed E-state index contributed by atoms with van der Waals surface area (Å²) in [6, 6.07) is 74.7. The molecule has 1 heterocycles. The third-order valence-electron chi connectivity index (χ3n) is 11.2. The molecule has 0 unspecified atom stereocenters. The lowest BCUT2D eigenvalue weighted by Crippen LogP contribution is -1.97. The molecular weight excluding hydrogens is 665 g/mol. The molecule has 0 amide bonds. The summed E-state index contributed by atoms with van der Waals surface area (Å²) in [5, 5.41) is 16.4. The van der Waals surface area contributed by atoms with E-state index in [0.29, 0.717) is 0 Å². The van der Waals surface area contributed by atoms with Crippen molar-refractivity contribution in [2.24, 2.45) is 0 Å². The van der Waals surface area contributed by atoms with Gasteiger partial charge in [0.1, 0.15) is 5.69 Å². The average Bonchev–Trinajstić information content (AvgIpc) is 3.67. The molecule has 10 aromatic carbocycles. The minimum atomic E-state index is 0.969. The van der Waals surface area contributed by atoms with Crippen LogP contribution in [-0.4, -0.2) is 9.78 Å². The lowest BCUT2D eigenvalue weighted by molar-refractivity contribution is 0.918. The fraction of sp³-hybridized carbons (Fsp3) is 0. The maximum absolute atomic E-state index is 5.45. The highest BCUT2D eigenvalue weighted by molar-refractivity contribution is 6.24. The molecule has 0 atom stereocenters. The van der Waals surface area contributed by atoms with Crippen LogP contribution in [0.3, 0.4) is 0 Å². The molecule has 55 heavy (non-hydrogen) atoms. The van der Waals surface area contributed by atoms with Crippen LogP contribution < -0.4 is 0 Å². The number of hydrogen-bond donors (Lipinski definition) is 0. The van der Waals surface area contributed by atoms with Crippen molar-refractivity contribution in [1.29, 1.82) is 0 Å². The highest BCUT2D eigenvalue weighted by Gasteiger charge is 2.24. The molecule has 2 nitrogen and oxygen atoms in total. The first-order chi connectivity index (χ1) is 27.3. The van der Waals surface area contributed by atoms with Crippen molar-refractivity contribution >= 4 is 54.0 Å². The maximum atomic E-state index is 5.45. The highest BCUT2D eigenvalue weighted by Crippen LogP contribution is 2.49. The smallest absolute Gasteiger partial charge is 0.101 e. The van der Waals surface area contributed by atoms with Crippen molar-refractivity contribution in [1.82, 2.24) is 9.78 Å². The molecule has 0 saturated carbocycles. The van der Waals surface area contributed by atoms with Crippen molar-refractivity contribution in [2.45, 2.75) is 0 Å². The highest BCUT2D eigenvalue weighted by atomic mass is 15.3. The number of rotatable bonds is 5. The summed E-state index contributed by atoms with van der Waals surface area (Å²) in [5.74, 6) is 0. The topological polar surface area (TPSA) is 17.8 Å². The van der Waals surface area contributed by atoms with Gasteiger partial charge in [0, 0.05) is 16.3 Å². The van der Waals surface area contributed by atoms with Crippen molar-refractivity contribution < 1.29 is 0 Å². The predicted molar refractivity (Wildman–Crippen MR) is 233 cm³/mol. The van der Waals surface area contributed by atoms with Crippen LogP contribution in [0.15, 0.2) is 206 Å². The van der Waals surface area contributed by atoms with Crippen LogP contribution in [0, 0.1) is 0 Å². The molecule has 0 N–H and O–H groups in total. The molecule has 0 aliphatic carbocycles.